The van der Waals surface area contributed by atoms with Gasteiger partial charge in [0.1, 0.15) is 22.8 Å². The molecule has 0 aliphatic carbocycles. The van der Waals surface area contributed by atoms with Crippen molar-refractivity contribution in [1.29, 1.82) is 0 Å². The number of halogens is 2. The van der Waals surface area contributed by atoms with Crippen molar-refractivity contribution < 1.29 is 23.1 Å². The van der Waals surface area contributed by atoms with Crippen molar-refractivity contribution in [3.05, 3.63) is 89.5 Å². The third kappa shape index (κ3) is 4.39. The number of thioether (sulfide) groups is 1. The van der Waals surface area contributed by atoms with Crippen molar-refractivity contribution >= 4 is 35.0 Å². The molecule has 1 aliphatic heterocycles. The SMILES string of the molecule is COc1cccc(C(=O)Nc2ccc(C3SCC(=O)N3c3cc(F)ccc3F)cc2)c1. The monoisotopic (exact) mass is 440 g/mol. The van der Waals surface area contributed by atoms with Gasteiger partial charge in [0.05, 0.1) is 18.6 Å². The number of rotatable bonds is 5. The number of ether oxygens (including phenoxy) is 1. The Morgan fingerprint density at radius 2 is 1.87 bits per heavy atom. The maximum absolute atomic E-state index is 14.3. The van der Waals surface area contributed by atoms with E-state index in [2.05, 4.69) is 5.32 Å². The van der Waals surface area contributed by atoms with E-state index in [1.165, 1.54) is 23.8 Å². The number of anilines is 2. The molecule has 0 radical (unpaired) electrons. The van der Waals surface area contributed by atoms with Crippen LogP contribution in [0.2, 0.25) is 0 Å². The lowest BCUT2D eigenvalue weighted by molar-refractivity contribution is -0.115. The Labute approximate surface area is 182 Å². The molecule has 1 N–H and O–H groups in total. The summed E-state index contributed by atoms with van der Waals surface area (Å²) in [4.78, 5) is 26.1. The highest BCUT2D eigenvalue weighted by molar-refractivity contribution is 8.00. The Hall–Kier alpha value is -3.39. The Bertz CT molecular complexity index is 1140. The predicted molar refractivity (Wildman–Crippen MR) is 116 cm³/mol. The summed E-state index contributed by atoms with van der Waals surface area (Å²) in [6.45, 7) is 0. The van der Waals surface area contributed by atoms with E-state index in [-0.39, 0.29) is 23.3 Å². The number of nitrogens with one attached hydrogen (secondary N) is 1. The van der Waals surface area contributed by atoms with Crippen LogP contribution in [-0.4, -0.2) is 24.7 Å². The Morgan fingerprint density at radius 1 is 1.10 bits per heavy atom. The Balaban J connectivity index is 1.53. The summed E-state index contributed by atoms with van der Waals surface area (Å²) in [5, 5.41) is 2.31. The van der Waals surface area contributed by atoms with Gasteiger partial charge in [-0.1, -0.05) is 18.2 Å². The first kappa shape index (κ1) is 20.9. The van der Waals surface area contributed by atoms with E-state index in [0.717, 1.165) is 23.8 Å². The molecular weight excluding hydrogens is 422 g/mol. The minimum Gasteiger partial charge on any atom is -0.497 e. The fraction of sp³-hybridized carbons (Fsp3) is 0.130. The minimum absolute atomic E-state index is 0.0876. The first-order valence-corrected chi connectivity index (χ1v) is 10.5. The lowest BCUT2D eigenvalue weighted by atomic mass is 10.1. The molecule has 158 valence electrons. The van der Waals surface area contributed by atoms with Gasteiger partial charge in [-0.15, -0.1) is 11.8 Å². The quantitative estimate of drug-likeness (QED) is 0.606. The number of hydrogen-bond donors (Lipinski definition) is 1. The van der Waals surface area contributed by atoms with Gasteiger partial charge in [-0.05, 0) is 48.0 Å². The molecule has 0 spiro atoms. The molecule has 31 heavy (non-hydrogen) atoms. The lowest BCUT2D eigenvalue weighted by Gasteiger charge is -2.25. The molecule has 1 heterocycles. The molecular formula is C23H18F2N2O3S. The molecule has 1 saturated heterocycles. The molecule has 5 nitrogen and oxygen atoms in total. The average Bonchev–Trinajstić information content (AvgIpc) is 3.17. The van der Waals surface area contributed by atoms with E-state index in [9.17, 15) is 18.4 Å². The zero-order valence-corrected chi connectivity index (χ0v) is 17.3. The van der Waals surface area contributed by atoms with Crippen LogP contribution in [0, 0.1) is 11.6 Å². The summed E-state index contributed by atoms with van der Waals surface area (Å²) < 4.78 is 33.1. The highest BCUT2D eigenvalue weighted by atomic mass is 32.2. The van der Waals surface area contributed by atoms with Gasteiger partial charge >= 0.3 is 0 Å². The predicted octanol–water partition coefficient (Wildman–Crippen LogP) is 5.00. The highest BCUT2D eigenvalue weighted by Crippen LogP contribution is 2.42. The van der Waals surface area contributed by atoms with E-state index in [1.54, 1.807) is 48.5 Å². The molecule has 3 aromatic rings. The number of amides is 2. The van der Waals surface area contributed by atoms with Crippen molar-refractivity contribution in [3.63, 3.8) is 0 Å². The zero-order chi connectivity index (χ0) is 22.0. The molecule has 1 fully saturated rings. The van der Waals surface area contributed by atoms with E-state index >= 15 is 0 Å². The van der Waals surface area contributed by atoms with Crippen molar-refractivity contribution in [2.75, 3.05) is 23.1 Å². The number of methoxy groups -OCH3 is 1. The normalized spacial score (nSPS) is 15.8. The summed E-state index contributed by atoms with van der Waals surface area (Å²) in [5.74, 6) is -1.12. The molecule has 1 atom stereocenters. The summed E-state index contributed by atoms with van der Waals surface area (Å²) in [6, 6.07) is 16.8. The van der Waals surface area contributed by atoms with Crippen LogP contribution < -0.4 is 15.0 Å². The summed E-state index contributed by atoms with van der Waals surface area (Å²) in [5.41, 5.74) is 1.66. The van der Waals surface area contributed by atoms with Gasteiger partial charge in [0, 0.05) is 17.3 Å². The van der Waals surface area contributed by atoms with Crippen LogP contribution in [0.15, 0.2) is 66.7 Å². The number of nitrogens with zero attached hydrogens (tertiary/aromatic N) is 1. The fourth-order valence-electron chi connectivity index (χ4n) is 3.30. The summed E-state index contributed by atoms with van der Waals surface area (Å²) in [6.07, 6.45) is 0. The smallest absolute Gasteiger partial charge is 0.255 e. The number of carbonyl (C=O) groups is 2. The Morgan fingerprint density at radius 3 is 2.61 bits per heavy atom. The molecule has 3 aromatic carbocycles. The molecule has 0 aromatic heterocycles. The molecule has 8 heteroatoms. The molecule has 0 bridgehead atoms. The van der Waals surface area contributed by atoms with Crippen LogP contribution in [0.5, 0.6) is 5.75 Å². The van der Waals surface area contributed by atoms with Gasteiger partial charge in [-0.3, -0.25) is 14.5 Å². The first-order chi connectivity index (χ1) is 15.0. The zero-order valence-electron chi connectivity index (χ0n) is 16.5. The van der Waals surface area contributed by atoms with Gasteiger partial charge in [-0.25, -0.2) is 8.78 Å². The third-order valence-electron chi connectivity index (χ3n) is 4.82. The molecule has 0 saturated carbocycles. The molecule has 2 amide bonds. The highest BCUT2D eigenvalue weighted by Gasteiger charge is 2.35. The number of benzene rings is 3. The van der Waals surface area contributed by atoms with Crippen molar-refractivity contribution in [2.45, 2.75) is 5.37 Å². The maximum Gasteiger partial charge on any atom is 0.255 e. The Kier molecular flexibility index (Phi) is 5.90. The van der Waals surface area contributed by atoms with Gasteiger partial charge in [-0.2, -0.15) is 0 Å². The van der Waals surface area contributed by atoms with Gasteiger partial charge in [0.2, 0.25) is 5.91 Å². The van der Waals surface area contributed by atoms with Crippen molar-refractivity contribution in [2.24, 2.45) is 0 Å². The molecule has 1 unspecified atom stereocenters. The average molecular weight is 440 g/mol. The topological polar surface area (TPSA) is 58.6 Å². The minimum atomic E-state index is -0.663. The van der Waals surface area contributed by atoms with Crippen LogP contribution in [0.4, 0.5) is 20.2 Å². The summed E-state index contributed by atoms with van der Waals surface area (Å²) in [7, 11) is 1.53. The number of hydrogen-bond acceptors (Lipinski definition) is 4. The standard InChI is InChI=1S/C23H18F2N2O3S/c1-30-18-4-2-3-15(11-18)22(29)26-17-8-5-14(6-9-17)23-27(21(28)13-31-23)20-12-16(24)7-10-19(20)25/h2-12,23H,13H2,1H3,(H,26,29). The second-order valence-corrected chi connectivity index (χ2v) is 7.90. The summed E-state index contributed by atoms with van der Waals surface area (Å²) >= 11 is 1.33. The lowest BCUT2D eigenvalue weighted by Crippen LogP contribution is -2.28. The van der Waals surface area contributed by atoms with Gasteiger partial charge in [0.25, 0.3) is 5.91 Å². The molecule has 4 rings (SSSR count). The van der Waals surface area contributed by atoms with E-state index in [0.29, 0.717) is 17.0 Å². The fourth-order valence-corrected chi connectivity index (χ4v) is 4.47. The van der Waals surface area contributed by atoms with Crippen LogP contribution >= 0.6 is 11.8 Å². The van der Waals surface area contributed by atoms with Crippen LogP contribution in [0.3, 0.4) is 0 Å². The van der Waals surface area contributed by atoms with Crippen molar-refractivity contribution in [1.82, 2.24) is 0 Å². The molecule has 1 aliphatic rings. The largest absolute Gasteiger partial charge is 0.497 e. The number of carbonyl (C=O) groups excluding carboxylic acids is 2. The maximum atomic E-state index is 14.3. The second kappa shape index (κ2) is 8.77. The van der Waals surface area contributed by atoms with Crippen LogP contribution in [0.25, 0.3) is 0 Å². The first-order valence-electron chi connectivity index (χ1n) is 9.40. The van der Waals surface area contributed by atoms with Crippen LogP contribution in [0.1, 0.15) is 21.3 Å². The van der Waals surface area contributed by atoms with Crippen LogP contribution in [-0.2, 0) is 4.79 Å². The van der Waals surface area contributed by atoms with Gasteiger partial charge < -0.3 is 10.1 Å². The third-order valence-corrected chi connectivity index (χ3v) is 6.03. The van der Waals surface area contributed by atoms with E-state index in [4.69, 9.17) is 4.74 Å². The van der Waals surface area contributed by atoms with Gasteiger partial charge in [0.15, 0.2) is 0 Å². The van der Waals surface area contributed by atoms with Crippen molar-refractivity contribution in [3.8, 4) is 5.75 Å². The van der Waals surface area contributed by atoms with E-state index < -0.39 is 17.0 Å². The van der Waals surface area contributed by atoms with E-state index in [1.807, 2.05) is 0 Å². The second-order valence-electron chi connectivity index (χ2n) is 6.83.